The van der Waals surface area contributed by atoms with Gasteiger partial charge in [0.1, 0.15) is 22.5 Å². The van der Waals surface area contributed by atoms with Crippen molar-refractivity contribution in [2.24, 2.45) is 0 Å². The number of hydrogen-bond acceptors (Lipinski definition) is 8. The number of hydrogen-bond donors (Lipinski definition) is 2. The molecule has 0 fully saturated rings. The lowest BCUT2D eigenvalue weighted by Crippen LogP contribution is -2.35. The number of anilines is 1. The Morgan fingerprint density at radius 3 is 2.87 bits per heavy atom. The molecule has 4 rings (SSSR count). The average Bonchev–Trinajstić information content (AvgIpc) is 3.38. The van der Waals surface area contributed by atoms with Crippen LogP contribution in [0.25, 0.3) is 11.0 Å². The molecule has 1 amide bonds. The monoisotopic (exact) mass is 421 g/mol. The van der Waals surface area contributed by atoms with Crippen molar-refractivity contribution in [3.63, 3.8) is 0 Å². The number of aromatic amines is 1. The second-order valence-corrected chi connectivity index (χ2v) is 8.39. The minimum absolute atomic E-state index is 0.369. The fourth-order valence-electron chi connectivity index (χ4n) is 3.59. The van der Waals surface area contributed by atoms with Crippen LogP contribution in [-0.2, 0) is 4.74 Å². The third-order valence-electron chi connectivity index (χ3n) is 5.02. The third-order valence-corrected chi connectivity index (χ3v) is 5.02. The number of nitrogens with one attached hydrogen (secondary N) is 2. The molecule has 160 valence electrons. The summed E-state index contributed by atoms with van der Waals surface area (Å²) in [5.74, 6) is 0.310. The predicted molar refractivity (Wildman–Crippen MR) is 112 cm³/mol. The van der Waals surface area contributed by atoms with Gasteiger partial charge in [-0.15, -0.1) is 0 Å². The molecule has 0 saturated heterocycles. The summed E-state index contributed by atoms with van der Waals surface area (Å²) in [7, 11) is 1.67. The molecule has 1 aliphatic rings. The summed E-state index contributed by atoms with van der Waals surface area (Å²) >= 11 is 0. The summed E-state index contributed by atoms with van der Waals surface area (Å²) in [6.45, 7) is 5.83. The standard InChI is InChI=1S/C21H23N7O3/c1-21(2,3)30-20(29)28(4)9-8-15-13(10-22)17(14-11-23-25-19(14)24-15)12-6-5-7-16-18(12)27-31-26-16/h5-7,11,17H,8-9H2,1-4H3,(H2,23,24,25). The summed E-state index contributed by atoms with van der Waals surface area (Å²) in [5.41, 5.74) is 3.50. The van der Waals surface area contributed by atoms with Crippen LogP contribution in [0.3, 0.4) is 0 Å². The smallest absolute Gasteiger partial charge is 0.410 e. The summed E-state index contributed by atoms with van der Waals surface area (Å²) < 4.78 is 10.3. The van der Waals surface area contributed by atoms with Crippen LogP contribution in [-0.4, -0.2) is 50.7 Å². The Balaban J connectivity index is 1.67. The van der Waals surface area contributed by atoms with Crippen LogP contribution in [0.15, 0.2) is 40.3 Å². The van der Waals surface area contributed by atoms with Crippen LogP contribution in [0, 0.1) is 11.3 Å². The first-order valence-electron chi connectivity index (χ1n) is 9.87. The lowest BCUT2D eigenvalue weighted by molar-refractivity contribution is 0.0301. The van der Waals surface area contributed by atoms with Gasteiger partial charge in [-0.25, -0.2) is 9.42 Å². The number of aromatic nitrogens is 4. The maximum atomic E-state index is 12.3. The Bertz CT molecular complexity index is 1200. The molecule has 10 heteroatoms. The number of rotatable bonds is 4. The van der Waals surface area contributed by atoms with E-state index in [0.717, 1.165) is 11.1 Å². The van der Waals surface area contributed by atoms with Crippen molar-refractivity contribution in [2.45, 2.75) is 38.7 Å². The highest BCUT2D eigenvalue weighted by Gasteiger charge is 2.33. The fourth-order valence-corrected chi connectivity index (χ4v) is 3.59. The Morgan fingerprint density at radius 1 is 1.32 bits per heavy atom. The summed E-state index contributed by atoms with van der Waals surface area (Å²) in [6.07, 6.45) is 1.71. The molecule has 3 heterocycles. The topological polar surface area (TPSA) is 133 Å². The number of allylic oxidation sites excluding steroid dienone is 1. The van der Waals surface area contributed by atoms with Crippen molar-refractivity contribution in [3.05, 3.63) is 46.8 Å². The maximum Gasteiger partial charge on any atom is 0.410 e. The summed E-state index contributed by atoms with van der Waals surface area (Å²) in [5, 5.41) is 28.4. The second-order valence-electron chi connectivity index (χ2n) is 8.39. The molecule has 2 aromatic heterocycles. The van der Waals surface area contributed by atoms with Gasteiger partial charge in [-0.2, -0.15) is 10.4 Å². The molecule has 31 heavy (non-hydrogen) atoms. The van der Waals surface area contributed by atoms with Crippen molar-refractivity contribution < 1.29 is 14.2 Å². The molecule has 1 aliphatic heterocycles. The second kappa shape index (κ2) is 7.75. The van der Waals surface area contributed by atoms with E-state index in [-0.39, 0.29) is 0 Å². The number of carbonyl (C=O) groups is 1. The number of nitriles is 1. The molecule has 1 atom stereocenters. The molecular weight excluding hydrogens is 398 g/mol. The largest absolute Gasteiger partial charge is 0.444 e. The van der Waals surface area contributed by atoms with Crippen molar-refractivity contribution in [2.75, 3.05) is 18.9 Å². The van der Waals surface area contributed by atoms with Gasteiger partial charge in [-0.3, -0.25) is 5.10 Å². The third kappa shape index (κ3) is 3.94. The Hall–Kier alpha value is -3.87. The van der Waals surface area contributed by atoms with Gasteiger partial charge < -0.3 is 15.0 Å². The van der Waals surface area contributed by atoms with Crippen LogP contribution in [0.5, 0.6) is 0 Å². The van der Waals surface area contributed by atoms with E-state index >= 15 is 0 Å². The van der Waals surface area contributed by atoms with Gasteiger partial charge in [-0.1, -0.05) is 12.1 Å². The fraction of sp³-hybridized carbons (Fsp3) is 0.381. The van der Waals surface area contributed by atoms with Gasteiger partial charge in [0.2, 0.25) is 0 Å². The van der Waals surface area contributed by atoms with Crippen LogP contribution >= 0.6 is 0 Å². The van der Waals surface area contributed by atoms with E-state index in [4.69, 9.17) is 9.37 Å². The van der Waals surface area contributed by atoms with E-state index in [1.165, 1.54) is 4.90 Å². The number of benzene rings is 1. The zero-order valence-electron chi connectivity index (χ0n) is 17.8. The molecule has 0 aliphatic carbocycles. The van der Waals surface area contributed by atoms with E-state index in [2.05, 4.69) is 31.9 Å². The van der Waals surface area contributed by atoms with Gasteiger partial charge in [-0.05, 0) is 42.7 Å². The number of nitrogens with zero attached hydrogens (tertiary/aromatic N) is 5. The van der Waals surface area contributed by atoms with E-state index in [0.29, 0.717) is 41.1 Å². The van der Waals surface area contributed by atoms with Gasteiger partial charge >= 0.3 is 6.09 Å². The first-order chi connectivity index (χ1) is 14.8. The predicted octanol–water partition coefficient (Wildman–Crippen LogP) is 3.54. The zero-order chi connectivity index (χ0) is 22.2. The minimum atomic E-state index is -0.578. The van der Waals surface area contributed by atoms with Gasteiger partial charge in [0.25, 0.3) is 0 Å². The lowest BCUT2D eigenvalue weighted by atomic mass is 9.82. The molecule has 10 nitrogen and oxygen atoms in total. The number of fused-ring (bicyclic) bond motifs is 2. The van der Waals surface area contributed by atoms with Crippen LogP contribution in [0.4, 0.5) is 10.6 Å². The number of ether oxygens (including phenoxy) is 1. The highest BCUT2D eigenvalue weighted by molar-refractivity contribution is 5.80. The van der Waals surface area contributed by atoms with Crippen LogP contribution in [0.1, 0.15) is 44.2 Å². The average molecular weight is 421 g/mol. The van der Waals surface area contributed by atoms with Gasteiger partial charge in [0.05, 0.1) is 23.8 Å². The molecule has 1 aromatic carbocycles. The quantitative estimate of drug-likeness (QED) is 0.653. The number of H-pyrrole nitrogens is 1. The zero-order valence-corrected chi connectivity index (χ0v) is 17.8. The highest BCUT2D eigenvalue weighted by atomic mass is 16.6. The van der Waals surface area contributed by atoms with Gasteiger partial charge in [0.15, 0.2) is 0 Å². The molecule has 3 aromatic rings. The van der Waals surface area contributed by atoms with E-state index in [1.807, 2.05) is 32.9 Å². The number of amides is 1. The molecule has 0 spiro atoms. The highest BCUT2D eigenvalue weighted by Crippen LogP contribution is 2.42. The Labute approximate surface area is 178 Å². The van der Waals surface area contributed by atoms with Crippen molar-refractivity contribution in [3.8, 4) is 6.07 Å². The molecule has 0 radical (unpaired) electrons. The molecule has 1 unspecified atom stereocenters. The van der Waals surface area contributed by atoms with Gasteiger partial charge in [0, 0.05) is 31.3 Å². The van der Waals surface area contributed by atoms with Crippen LogP contribution in [0.2, 0.25) is 0 Å². The SMILES string of the molecule is CN(CCC1=C(C#N)C(c2cccc3nonc23)c2cn[nH]c2N1)C(=O)OC(C)(C)C. The lowest BCUT2D eigenvalue weighted by Gasteiger charge is -2.28. The normalized spacial score (nSPS) is 15.9. The van der Waals surface area contributed by atoms with Crippen molar-refractivity contribution in [1.82, 2.24) is 25.4 Å². The Kier molecular flexibility index (Phi) is 5.10. The first kappa shape index (κ1) is 20.4. The summed E-state index contributed by atoms with van der Waals surface area (Å²) in [4.78, 5) is 13.8. The maximum absolute atomic E-state index is 12.3. The van der Waals surface area contributed by atoms with E-state index in [1.54, 1.807) is 19.3 Å². The minimum Gasteiger partial charge on any atom is -0.444 e. The molecule has 0 saturated carbocycles. The molecule has 2 N–H and O–H groups in total. The van der Waals surface area contributed by atoms with Crippen LogP contribution < -0.4 is 5.32 Å². The van der Waals surface area contributed by atoms with Crippen molar-refractivity contribution in [1.29, 1.82) is 5.26 Å². The van der Waals surface area contributed by atoms with E-state index in [9.17, 15) is 10.1 Å². The Morgan fingerprint density at radius 2 is 2.13 bits per heavy atom. The molecular formula is C21H23N7O3. The van der Waals surface area contributed by atoms with E-state index < -0.39 is 17.6 Å². The van der Waals surface area contributed by atoms with Crippen molar-refractivity contribution >= 4 is 22.9 Å². The molecule has 0 bridgehead atoms. The summed E-state index contributed by atoms with van der Waals surface area (Å²) in [6, 6.07) is 7.91. The first-order valence-corrected chi connectivity index (χ1v) is 9.87. The number of carbonyl (C=O) groups excluding carboxylic acids is 1.